The summed E-state index contributed by atoms with van der Waals surface area (Å²) in [5.74, 6) is 2.37. The Morgan fingerprint density at radius 1 is 0.935 bits per heavy atom. The minimum absolute atomic E-state index is 0.342. The third-order valence-corrected chi connectivity index (χ3v) is 7.07. The molecule has 0 aromatic heterocycles. The van der Waals surface area contributed by atoms with Crippen LogP contribution in [0.1, 0.15) is 76.0 Å². The lowest BCUT2D eigenvalue weighted by atomic mass is 9.73. The average Bonchev–Trinajstić information content (AvgIpc) is 2.80. The number of nitrogens with one attached hydrogen (secondary N) is 1. The average molecular weight is 416 g/mol. The Morgan fingerprint density at radius 3 is 2.48 bits per heavy atom. The van der Waals surface area contributed by atoms with Crippen molar-refractivity contribution in [2.75, 3.05) is 6.61 Å². The second-order valence-corrected chi connectivity index (χ2v) is 9.12. The highest BCUT2D eigenvalue weighted by Gasteiger charge is 2.31. The first-order chi connectivity index (χ1) is 15.2. The SMILES string of the molecule is CCCC1CCC(c2ccc(OCC)cc2)CC1NC(C)c1cccc2ccccc12. The zero-order valence-electron chi connectivity index (χ0n) is 19.3. The van der Waals surface area contributed by atoms with Gasteiger partial charge in [-0.05, 0) is 85.4 Å². The van der Waals surface area contributed by atoms with Crippen molar-refractivity contribution in [2.24, 2.45) is 5.92 Å². The first-order valence-electron chi connectivity index (χ1n) is 12.2. The van der Waals surface area contributed by atoms with Gasteiger partial charge < -0.3 is 10.1 Å². The van der Waals surface area contributed by atoms with Crippen molar-refractivity contribution in [1.29, 1.82) is 0 Å². The summed E-state index contributed by atoms with van der Waals surface area (Å²) in [6.45, 7) is 7.42. The molecule has 4 unspecified atom stereocenters. The van der Waals surface area contributed by atoms with Gasteiger partial charge in [-0.25, -0.2) is 0 Å². The molecule has 0 radical (unpaired) electrons. The van der Waals surface area contributed by atoms with Crippen LogP contribution in [-0.4, -0.2) is 12.6 Å². The maximum Gasteiger partial charge on any atom is 0.119 e. The number of fused-ring (bicyclic) bond motifs is 1. The zero-order valence-corrected chi connectivity index (χ0v) is 19.3. The van der Waals surface area contributed by atoms with E-state index in [1.165, 1.54) is 54.0 Å². The van der Waals surface area contributed by atoms with Crippen molar-refractivity contribution in [1.82, 2.24) is 5.32 Å². The highest BCUT2D eigenvalue weighted by Crippen LogP contribution is 2.39. The van der Waals surface area contributed by atoms with Gasteiger partial charge >= 0.3 is 0 Å². The van der Waals surface area contributed by atoms with Crippen molar-refractivity contribution in [3.05, 3.63) is 77.9 Å². The number of hydrogen-bond donors (Lipinski definition) is 1. The Labute approximate surface area is 188 Å². The molecular formula is C29H37NO. The molecule has 31 heavy (non-hydrogen) atoms. The summed E-state index contributed by atoms with van der Waals surface area (Å²) in [6.07, 6.45) is 6.40. The molecule has 0 bridgehead atoms. The van der Waals surface area contributed by atoms with Crippen LogP contribution in [0, 0.1) is 5.92 Å². The molecule has 1 N–H and O–H groups in total. The fourth-order valence-corrected chi connectivity index (χ4v) is 5.50. The second-order valence-electron chi connectivity index (χ2n) is 9.12. The first-order valence-corrected chi connectivity index (χ1v) is 12.2. The highest BCUT2D eigenvalue weighted by atomic mass is 16.5. The van der Waals surface area contributed by atoms with Crippen LogP contribution in [0.4, 0.5) is 0 Å². The quantitative estimate of drug-likeness (QED) is 0.408. The fourth-order valence-electron chi connectivity index (χ4n) is 5.50. The van der Waals surface area contributed by atoms with Crippen LogP contribution in [0.25, 0.3) is 10.8 Å². The molecule has 1 fully saturated rings. The van der Waals surface area contributed by atoms with E-state index < -0.39 is 0 Å². The number of rotatable bonds is 8. The molecule has 3 aromatic rings. The molecule has 4 rings (SSSR count). The minimum Gasteiger partial charge on any atom is -0.494 e. The molecule has 0 saturated heterocycles. The van der Waals surface area contributed by atoms with E-state index in [1.54, 1.807) is 0 Å². The van der Waals surface area contributed by atoms with Gasteiger partial charge in [0.2, 0.25) is 0 Å². The molecule has 2 heteroatoms. The van der Waals surface area contributed by atoms with E-state index in [-0.39, 0.29) is 0 Å². The Balaban J connectivity index is 1.52. The van der Waals surface area contributed by atoms with Gasteiger partial charge in [0, 0.05) is 12.1 Å². The zero-order chi connectivity index (χ0) is 21.6. The summed E-state index contributed by atoms with van der Waals surface area (Å²) in [7, 11) is 0. The van der Waals surface area contributed by atoms with Gasteiger partial charge in [0.1, 0.15) is 5.75 Å². The van der Waals surface area contributed by atoms with Gasteiger partial charge in [0.05, 0.1) is 6.61 Å². The number of ether oxygens (including phenoxy) is 1. The van der Waals surface area contributed by atoms with Crippen molar-refractivity contribution < 1.29 is 4.74 Å². The molecule has 1 aliphatic rings. The van der Waals surface area contributed by atoms with E-state index in [4.69, 9.17) is 4.74 Å². The van der Waals surface area contributed by atoms with Crippen molar-refractivity contribution >= 4 is 10.8 Å². The van der Waals surface area contributed by atoms with Crippen LogP contribution in [0.15, 0.2) is 66.7 Å². The van der Waals surface area contributed by atoms with E-state index in [1.807, 2.05) is 6.92 Å². The Kier molecular flexibility index (Phi) is 7.29. The number of hydrogen-bond acceptors (Lipinski definition) is 2. The number of benzene rings is 3. The van der Waals surface area contributed by atoms with Crippen LogP contribution in [0.3, 0.4) is 0 Å². The second kappa shape index (κ2) is 10.3. The molecule has 4 atom stereocenters. The third kappa shape index (κ3) is 5.13. The van der Waals surface area contributed by atoms with Crippen LogP contribution in [0.5, 0.6) is 5.75 Å². The molecule has 0 spiro atoms. The maximum absolute atomic E-state index is 5.64. The van der Waals surface area contributed by atoms with E-state index in [2.05, 4.69) is 85.9 Å². The molecule has 0 heterocycles. The molecule has 0 amide bonds. The van der Waals surface area contributed by atoms with E-state index >= 15 is 0 Å². The minimum atomic E-state index is 0.342. The van der Waals surface area contributed by atoms with E-state index in [0.717, 1.165) is 18.3 Å². The monoisotopic (exact) mass is 415 g/mol. The molecule has 164 valence electrons. The lowest BCUT2D eigenvalue weighted by Crippen LogP contribution is -2.41. The van der Waals surface area contributed by atoms with Gasteiger partial charge in [-0.2, -0.15) is 0 Å². The van der Waals surface area contributed by atoms with Gasteiger partial charge in [-0.1, -0.05) is 67.9 Å². The molecule has 2 nitrogen and oxygen atoms in total. The third-order valence-electron chi connectivity index (χ3n) is 7.07. The van der Waals surface area contributed by atoms with Crippen LogP contribution in [0.2, 0.25) is 0 Å². The van der Waals surface area contributed by atoms with Gasteiger partial charge in [0.25, 0.3) is 0 Å². The molecule has 0 aliphatic heterocycles. The van der Waals surface area contributed by atoms with E-state index in [9.17, 15) is 0 Å². The Bertz CT molecular complexity index is 959. The normalized spacial score (nSPS) is 22.4. The molecule has 1 saturated carbocycles. The summed E-state index contributed by atoms with van der Waals surface area (Å²) in [4.78, 5) is 0. The summed E-state index contributed by atoms with van der Waals surface area (Å²) in [5, 5.41) is 6.77. The fraction of sp³-hybridized carbons (Fsp3) is 0.448. The van der Waals surface area contributed by atoms with Crippen molar-refractivity contribution in [3.8, 4) is 5.75 Å². The topological polar surface area (TPSA) is 21.3 Å². The Morgan fingerprint density at radius 2 is 1.71 bits per heavy atom. The lowest BCUT2D eigenvalue weighted by Gasteiger charge is -2.39. The highest BCUT2D eigenvalue weighted by molar-refractivity contribution is 5.86. The lowest BCUT2D eigenvalue weighted by molar-refractivity contribution is 0.215. The smallest absolute Gasteiger partial charge is 0.119 e. The summed E-state index contributed by atoms with van der Waals surface area (Å²) in [6, 6.07) is 25.2. The largest absolute Gasteiger partial charge is 0.494 e. The summed E-state index contributed by atoms with van der Waals surface area (Å²) in [5.41, 5.74) is 2.87. The van der Waals surface area contributed by atoms with Crippen LogP contribution in [-0.2, 0) is 0 Å². The summed E-state index contributed by atoms with van der Waals surface area (Å²) < 4.78 is 5.64. The maximum atomic E-state index is 5.64. The van der Waals surface area contributed by atoms with Crippen molar-refractivity contribution in [2.45, 2.75) is 70.9 Å². The van der Waals surface area contributed by atoms with Gasteiger partial charge in [-0.3, -0.25) is 0 Å². The van der Waals surface area contributed by atoms with Gasteiger partial charge in [-0.15, -0.1) is 0 Å². The standard InChI is InChI=1S/C29H37NO/c1-4-9-24-14-15-25(22-16-18-26(19-17-22)31-5-2)20-29(24)30-21(3)27-13-8-11-23-10-6-7-12-28(23)27/h6-8,10-13,16-19,21,24-25,29-30H,4-5,9,14-15,20H2,1-3H3. The van der Waals surface area contributed by atoms with Crippen molar-refractivity contribution in [3.63, 3.8) is 0 Å². The molecule has 3 aromatic carbocycles. The molecule has 1 aliphatic carbocycles. The molecular weight excluding hydrogens is 378 g/mol. The predicted molar refractivity (Wildman–Crippen MR) is 132 cm³/mol. The van der Waals surface area contributed by atoms with Gasteiger partial charge in [0.15, 0.2) is 0 Å². The predicted octanol–water partition coefficient (Wildman–Crippen LogP) is 7.64. The summed E-state index contributed by atoms with van der Waals surface area (Å²) >= 11 is 0. The first kappa shape index (κ1) is 21.9. The Hall–Kier alpha value is -2.32. The van der Waals surface area contributed by atoms with Crippen LogP contribution >= 0.6 is 0 Å². The van der Waals surface area contributed by atoms with E-state index in [0.29, 0.717) is 18.0 Å². The van der Waals surface area contributed by atoms with Crippen LogP contribution < -0.4 is 10.1 Å².